The van der Waals surface area contributed by atoms with E-state index in [1.165, 1.54) is 49.3 Å². The molecule has 0 radical (unpaired) electrons. The minimum Gasteiger partial charge on any atom is -0.435 e. The number of aliphatic imine (C=N–C) groups is 1. The Labute approximate surface area is 157 Å². The molecule has 0 spiro atoms. The molecular weight excluding hydrogens is 415 g/mol. The van der Waals surface area contributed by atoms with Crippen LogP contribution in [0.1, 0.15) is 10.4 Å². The molecule has 0 unspecified atom stereocenters. The molecular formula is C17H17BrF3N3O2. The van der Waals surface area contributed by atoms with Gasteiger partial charge in [-0.25, -0.2) is 4.39 Å². The fourth-order valence-corrected chi connectivity index (χ4v) is 2.06. The average Bonchev–Trinajstić information content (AvgIpc) is 2.63. The maximum atomic E-state index is 13.0. The van der Waals surface area contributed by atoms with Crippen molar-refractivity contribution in [2.45, 2.75) is 6.61 Å². The van der Waals surface area contributed by atoms with Gasteiger partial charge in [-0.2, -0.15) is 8.78 Å². The van der Waals surface area contributed by atoms with Crippen molar-refractivity contribution < 1.29 is 22.7 Å². The summed E-state index contributed by atoms with van der Waals surface area (Å²) in [6, 6.07) is 12.0. The third-order valence-electron chi connectivity index (χ3n) is 3.01. The lowest BCUT2D eigenvalue weighted by molar-refractivity contribution is -0.0498. The highest BCUT2D eigenvalue weighted by Crippen LogP contribution is 2.17. The summed E-state index contributed by atoms with van der Waals surface area (Å²) in [6.07, 6.45) is 0. The lowest BCUT2D eigenvalue weighted by atomic mass is 10.2. The van der Waals surface area contributed by atoms with Gasteiger partial charge in [-0.1, -0.05) is 18.2 Å². The fraction of sp³-hybridized carbons (Fsp3) is 0.176. The largest absolute Gasteiger partial charge is 0.435 e. The zero-order valence-electron chi connectivity index (χ0n) is 14.0. The monoisotopic (exact) mass is 431 g/mol. The quantitative estimate of drug-likeness (QED) is 0.591. The van der Waals surface area contributed by atoms with Gasteiger partial charge in [0, 0.05) is 19.7 Å². The van der Waals surface area contributed by atoms with Crippen LogP contribution in [0.4, 0.5) is 13.2 Å². The highest BCUT2D eigenvalue weighted by Gasteiger charge is 2.15. The van der Waals surface area contributed by atoms with Gasteiger partial charge < -0.3 is 10.5 Å². The van der Waals surface area contributed by atoms with E-state index in [1.807, 2.05) is 0 Å². The number of halogens is 4. The summed E-state index contributed by atoms with van der Waals surface area (Å²) in [5.41, 5.74) is 5.83. The Hall–Kier alpha value is -2.55. The van der Waals surface area contributed by atoms with Gasteiger partial charge in [0.25, 0.3) is 5.91 Å². The zero-order valence-corrected chi connectivity index (χ0v) is 15.6. The summed E-state index contributed by atoms with van der Waals surface area (Å²) in [7, 11) is 2.99. The van der Waals surface area contributed by atoms with Crippen LogP contribution in [0.2, 0.25) is 0 Å². The molecule has 0 bridgehead atoms. The number of carbonyl (C=O) groups excluding carboxylic acids is 1. The van der Waals surface area contributed by atoms with Crippen LogP contribution in [-0.2, 0) is 0 Å². The second kappa shape index (κ2) is 10.4. The number of guanidine groups is 1. The van der Waals surface area contributed by atoms with Gasteiger partial charge >= 0.3 is 6.61 Å². The molecule has 26 heavy (non-hydrogen) atoms. The predicted molar refractivity (Wildman–Crippen MR) is 96.8 cm³/mol. The van der Waals surface area contributed by atoms with Gasteiger partial charge in [0.05, 0.1) is 4.47 Å². The molecule has 2 rings (SSSR count). The van der Waals surface area contributed by atoms with E-state index in [0.29, 0.717) is 5.56 Å². The molecule has 0 atom stereocenters. The van der Waals surface area contributed by atoms with Crippen LogP contribution >= 0.6 is 15.9 Å². The molecule has 2 N–H and O–H groups in total. The minimum atomic E-state index is -2.73. The lowest BCUT2D eigenvalue weighted by Gasteiger charge is -2.15. The topological polar surface area (TPSA) is 67.9 Å². The van der Waals surface area contributed by atoms with Gasteiger partial charge in [-0.15, -0.1) is 0 Å². The Morgan fingerprint density at radius 1 is 1.23 bits per heavy atom. The van der Waals surface area contributed by atoms with Gasteiger partial charge in [0.1, 0.15) is 11.6 Å². The van der Waals surface area contributed by atoms with Crippen LogP contribution in [-0.4, -0.2) is 37.5 Å². The fourth-order valence-electron chi connectivity index (χ4n) is 1.68. The van der Waals surface area contributed by atoms with Crippen molar-refractivity contribution in [1.82, 2.24) is 4.90 Å². The number of hydrogen-bond donors (Lipinski definition) is 1. The highest BCUT2D eigenvalue weighted by atomic mass is 79.9. The zero-order chi connectivity index (χ0) is 19.7. The third kappa shape index (κ3) is 6.75. The van der Waals surface area contributed by atoms with Crippen molar-refractivity contribution in [3.05, 3.63) is 64.4 Å². The van der Waals surface area contributed by atoms with E-state index in [0.717, 1.165) is 0 Å². The van der Waals surface area contributed by atoms with E-state index in [-0.39, 0.29) is 22.1 Å². The first kappa shape index (κ1) is 21.5. The van der Waals surface area contributed by atoms with Crippen molar-refractivity contribution in [1.29, 1.82) is 0 Å². The molecule has 0 saturated carbocycles. The first-order chi connectivity index (χ1) is 12.3. The van der Waals surface area contributed by atoms with Crippen LogP contribution in [0.25, 0.3) is 0 Å². The maximum absolute atomic E-state index is 13.0. The molecule has 140 valence electrons. The number of carbonyl (C=O) groups is 1. The summed E-state index contributed by atoms with van der Waals surface area (Å²) in [6.45, 7) is -2.73. The lowest BCUT2D eigenvalue weighted by Crippen LogP contribution is -2.38. The number of rotatable bonds is 3. The molecule has 2 aromatic carbocycles. The molecule has 0 fully saturated rings. The summed E-state index contributed by atoms with van der Waals surface area (Å²) < 4.78 is 40.3. The van der Waals surface area contributed by atoms with Crippen molar-refractivity contribution >= 4 is 27.8 Å². The van der Waals surface area contributed by atoms with E-state index in [1.54, 1.807) is 18.2 Å². The standard InChI is InChI=1S/C10H11BrFN3O.C7H6F2O/c1-14-10(13)15(2)9(16)6-3-4-8(12)7(11)5-6;8-7(9)10-6-4-2-1-3-5-6/h3-5H,1-2H3,(H2,13,14);1-5,7H. The molecule has 0 saturated heterocycles. The number of ether oxygens (including phenoxy) is 1. The second-order valence-electron chi connectivity index (χ2n) is 4.77. The summed E-state index contributed by atoms with van der Waals surface area (Å²) in [4.78, 5) is 16.7. The van der Waals surface area contributed by atoms with E-state index < -0.39 is 12.4 Å². The highest BCUT2D eigenvalue weighted by molar-refractivity contribution is 9.10. The van der Waals surface area contributed by atoms with Crippen LogP contribution < -0.4 is 10.5 Å². The smallest absolute Gasteiger partial charge is 0.387 e. The number of benzene rings is 2. The number of nitrogens with two attached hydrogens (primary N) is 1. The molecule has 0 aliphatic heterocycles. The SMILES string of the molecule is CN=C(N)N(C)C(=O)c1ccc(F)c(Br)c1.FC(F)Oc1ccccc1. The molecule has 0 aromatic heterocycles. The molecule has 0 aliphatic carbocycles. The number of para-hydroxylation sites is 1. The molecule has 1 amide bonds. The van der Waals surface area contributed by atoms with Gasteiger partial charge in [-0.3, -0.25) is 14.7 Å². The normalized spacial score (nSPS) is 10.8. The van der Waals surface area contributed by atoms with Crippen LogP contribution in [0.3, 0.4) is 0 Å². The number of alkyl halides is 2. The van der Waals surface area contributed by atoms with Crippen molar-refractivity contribution in [3.63, 3.8) is 0 Å². The van der Waals surface area contributed by atoms with Crippen molar-refractivity contribution in [2.24, 2.45) is 10.7 Å². The summed E-state index contributed by atoms with van der Waals surface area (Å²) >= 11 is 3.01. The van der Waals surface area contributed by atoms with Crippen LogP contribution in [0.15, 0.2) is 58.0 Å². The first-order valence-electron chi connectivity index (χ1n) is 7.21. The Morgan fingerprint density at radius 3 is 2.35 bits per heavy atom. The predicted octanol–water partition coefficient (Wildman–Crippen LogP) is 3.89. The number of nitrogens with zero attached hydrogens (tertiary/aromatic N) is 2. The van der Waals surface area contributed by atoms with E-state index in [4.69, 9.17) is 5.73 Å². The Balaban J connectivity index is 0.000000289. The number of amides is 1. The molecule has 9 heteroatoms. The Kier molecular flexibility index (Phi) is 8.63. The maximum Gasteiger partial charge on any atom is 0.387 e. The van der Waals surface area contributed by atoms with Crippen molar-refractivity contribution in [2.75, 3.05) is 14.1 Å². The van der Waals surface area contributed by atoms with E-state index in [2.05, 4.69) is 25.7 Å². The third-order valence-corrected chi connectivity index (χ3v) is 3.62. The Morgan fingerprint density at radius 2 is 1.85 bits per heavy atom. The Bertz CT molecular complexity index is 758. The average molecular weight is 432 g/mol. The summed E-state index contributed by atoms with van der Waals surface area (Å²) in [5.74, 6) is -0.469. The van der Waals surface area contributed by atoms with E-state index in [9.17, 15) is 18.0 Å². The first-order valence-corrected chi connectivity index (χ1v) is 8.00. The molecule has 2 aromatic rings. The molecule has 0 heterocycles. The number of hydrogen-bond acceptors (Lipinski definition) is 3. The van der Waals surface area contributed by atoms with E-state index >= 15 is 0 Å². The van der Waals surface area contributed by atoms with Gasteiger partial charge in [0.2, 0.25) is 0 Å². The van der Waals surface area contributed by atoms with Crippen molar-refractivity contribution in [3.8, 4) is 5.75 Å². The van der Waals surface area contributed by atoms with Gasteiger partial charge in [-0.05, 0) is 46.3 Å². The minimum absolute atomic E-state index is 0.102. The van der Waals surface area contributed by atoms with Crippen LogP contribution in [0.5, 0.6) is 5.75 Å². The molecule has 5 nitrogen and oxygen atoms in total. The second-order valence-corrected chi connectivity index (χ2v) is 5.62. The summed E-state index contributed by atoms with van der Waals surface area (Å²) in [5, 5.41) is 0. The van der Waals surface area contributed by atoms with Gasteiger partial charge in [0.15, 0.2) is 5.96 Å². The molecule has 0 aliphatic rings. The van der Waals surface area contributed by atoms with Crippen LogP contribution in [0, 0.1) is 5.82 Å².